The van der Waals surface area contributed by atoms with Crippen LogP contribution in [0.2, 0.25) is 0 Å². The van der Waals surface area contributed by atoms with Crippen LogP contribution in [0, 0.1) is 5.41 Å². The third-order valence-electron chi connectivity index (χ3n) is 5.08. The van der Waals surface area contributed by atoms with Crippen LogP contribution in [-0.2, 0) is 17.6 Å². The summed E-state index contributed by atoms with van der Waals surface area (Å²) in [5, 5.41) is 0. The van der Waals surface area contributed by atoms with Crippen molar-refractivity contribution in [2.75, 3.05) is 19.7 Å². The molecule has 0 saturated carbocycles. The summed E-state index contributed by atoms with van der Waals surface area (Å²) in [6.45, 7) is 5.88. The van der Waals surface area contributed by atoms with Gasteiger partial charge < -0.3 is 15.4 Å². The summed E-state index contributed by atoms with van der Waals surface area (Å²) in [7, 11) is 0. The van der Waals surface area contributed by atoms with Gasteiger partial charge in [-0.1, -0.05) is 6.07 Å². The highest BCUT2D eigenvalue weighted by molar-refractivity contribution is 5.82. The zero-order chi connectivity index (χ0) is 16.4. The highest BCUT2D eigenvalue weighted by Crippen LogP contribution is 2.28. The Morgan fingerprint density at radius 3 is 2.70 bits per heavy atom. The van der Waals surface area contributed by atoms with Gasteiger partial charge in [-0.05, 0) is 69.2 Å². The summed E-state index contributed by atoms with van der Waals surface area (Å²) < 4.78 is 5.96. The van der Waals surface area contributed by atoms with Crippen LogP contribution in [0.15, 0.2) is 18.2 Å². The van der Waals surface area contributed by atoms with Gasteiger partial charge >= 0.3 is 0 Å². The fraction of sp³-hybridized carbons (Fsp3) is 0.632. The molecule has 0 atom stereocenters. The van der Waals surface area contributed by atoms with Crippen LogP contribution in [0.25, 0.3) is 0 Å². The number of hydrogen-bond donors (Lipinski definition) is 1. The molecule has 0 bridgehead atoms. The maximum Gasteiger partial charge on any atom is 0.231 e. The second-order valence-electron chi connectivity index (χ2n) is 7.59. The molecule has 4 nitrogen and oxygen atoms in total. The van der Waals surface area contributed by atoms with E-state index in [9.17, 15) is 4.79 Å². The van der Waals surface area contributed by atoms with Crippen LogP contribution >= 0.6 is 0 Å². The summed E-state index contributed by atoms with van der Waals surface area (Å²) in [6.07, 6.45) is 5.35. The van der Waals surface area contributed by atoms with Gasteiger partial charge in [-0.15, -0.1) is 0 Å². The average molecular weight is 316 g/mol. The number of aryl methyl sites for hydroxylation is 2. The Hall–Kier alpha value is -1.55. The van der Waals surface area contributed by atoms with Crippen LogP contribution in [0.4, 0.5) is 0 Å². The molecule has 1 heterocycles. The SMILES string of the molecule is CC(C)(COc1ccc2c(c1)CCC2)C(=O)N1CCC(N)CC1. The first-order valence-electron chi connectivity index (χ1n) is 8.75. The number of carbonyl (C=O) groups is 1. The lowest BCUT2D eigenvalue weighted by molar-refractivity contribution is -0.143. The Bertz CT molecular complexity index is 575. The van der Waals surface area contributed by atoms with E-state index in [0.717, 1.165) is 38.1 Å². The molecule has 1 fully saturated rings. The van der Waals surface area contributed by atoms with E-state index in [1.807, 2.05) is 24.8 Å². The number of likely N-dealkylation sites (tertiary alicyclic amines) is 1. The maximum atomic E-state index is 12.7. The van der Waals surface area contributed by atoms with Crippen LogP contribution in [0.3, 0.4) is 0 Å². The van der Waals surface area contributed by atoms with Gasteiger partial charge in [0.1, 0.15) is 12.4 Å². The quantitative estimate of drug-likeness (QED) is 0.928. The molecule has 1 aliphatic carbocycles. The second-order valence-corrected chi connectivity index (χ2v) is 7.59. The zero-order valence-corrected chi connectivity index (χ0v) is 14.3. The number of ether oxygens (including phenoxy) is 1. The number of nitrogens with two attached hydrogens (primary N) is 1. The molecule has 2 N–H and O–H groups in total. The van der Waals surface area contributed by atoms with Crippen molar-refractivity contribution in [3.05, 3.63) is 29.3 Å². The summed E-state index contributed by atoms with van der Waals surface area (Å²) in [5.41, 5.74) is 8.25. The monoisotopic (exact) mass is 316 g/mol. The Morgan fingerprint density at radius 2 is 1.96 bits per heavy atom. The number of hydrogen-bond acceptors (Lipinski definition) is 3. The standard InChI is InChI=1S/C19H28N2O2/c1-19(2,18(22)21-10-8-16(20)9-11-21)13-23-17-7-6-14-4-3-5-15(14)12-17/h6-7,12,16H,3-5,8-11,13,20H2,1-2H3. The molecular weight excluding hydrogens is 288 g/mol. The molecule has 0 spiro atoms. The van der Waals surface area contributed by atoms with Crippen LogP contribution in [-0.4, -0.2) is 36.5 Å². The van der Waals surface area contributed by atoms with E-state index in [1.54, 1.807) is 0 Å². The van der Waals surface area contributed by atoms with E-state index in [0.29, 0.717) is 6.61 Å². The van der Waals surface area contributed by atoms with Crippen molar-refractivity contribution in [1.82, 2.24) is 4.90 Å². The molecule has 4 heteroatoms. The van der Waals surface area contributed by atoms with E-state index in [1.165, 1.54) is 24.0 Å². The Labute approximate surface area is 139 Å². The zero-order valence-electron chi connectivity index (χ0n) is 14.3. The molecule has 1 aliphatic heterocycles. The number of nitrogens with zero attached hydrogens (tertiary/aromatic N) is 1. The van der Waals surface area contributed by atoms with Crippen molar-refractivity contribution in [2.24, 2.45) is 11.1 Å². The van der Waals surface area contributed by atoms with Crippen LogP contribution in [0.1, 0.15) is 44.2 Å². The van der Waals surface area contributed by atoms with E-state index < -0.39 is 5.41 Å². The Balaban J connectivity index is 1.58. The first kappa shape index (κ1) is 16.3. The molecule has 1 saturated heterocycles. The second kappa shape index (κ2) is 6.52. The molecule has 23 heavy (non-hydrogen) atoms. The molecule has 3 rings (SSSR count). The maximum absolute atomic E-state index is 12.7. The lowest BCUT2D eigenvalue weighted by Crippen LogP contribution is -2.49. The third kappa shape index (κ3) is 3.69. The number of piperidine rings is 1. The topological polar surface area (TPSA) is 55.6 Å². The van der Waals surface area contributed by atoms with E-state index in [-0.39, 0.29) is 11.9 Å². The van der Waals surface area contributed by atoms with E-state index >= 15 is 0 Å². The first-order chi connectivity index (χ1) is 11.0. The van der Waals surface area contributed by atoms with Crippen molar-refractivity contribution in [3.8, 4) is 5.75 Å². The summed E-state index contributed by atoms with van der Waals surface area (Å²) in [5.74, 6) is 1.05. The summed E-state index contributed by atoms with van der Waals surface area (Å²) in [6, 6.07) is 6.58. The van der Waals surface area contributed by atoms with Crippen molar-refractivity contribution in [3.63, 3.8) is 0 Å². The molecular formula is C19H28N2O2. The molecule has 1 amide bonds. The van der Waals surface area contributed by atoms with Gasteiger partial charge in [-0.2, -0.15) is 0 Å². The lowest BCUT2D eigenvalue weighted by atomic mass is 9.91. The van der Waals surface area contributed by atoms with Gasteiger partial charge in [0, 0.05) is 19.1 Å². The fourth-order valence-corrected chi connectivity index (χ4v) is 3.49. The molecule has 0 unspecified atom stereocenters. The van der Waals surface area contributed by atoms with E-state index in [2.05, 4.69) is 12.1 Å². The normalized spacial score (nSPS) is 18.8. The lowest BCUT2D eigenvalue weighted by Gasteiger charge is -2.36. The van der Waals surface area contributed by atoms with Crippen LogP contribution < -0.4 is 10.5 Å². The van der Waals surface area contributed by atoms with Crippen molar-refractivity contribution in [2.45, 2.75) is 52.0 Å². The van der Waals surface area contributed by atoms with Gasteiger partial charge in [0.15, 0.2) is 0 Å². The van der Waals surface area contributed by atoms with Gasteiger partial charge in [0.05, 0.1) is 5.41 Å². The molecule has 126 valence electrons. The largest absolute Gasteiger partial charge is 0.492 e. The van der Waals surface area contributed by atoms with Crippen molar-refractivity contribution >= 4 is 5.91 Å². The average Bonchev–Trinajstić information content (AvgIpc) is 3.01. The minimum atomic E-state index is -0.513. The molecule has 2 aliphatic rings. The molecule has 0 aromatic heterocycles. The number of rotatable bonds is 4. The Morgan fingerprint density at radius 1 is 1.26 bits per heavy atom. The van der Waals surface area contributed by atoms with Gasteiger partial charge in [-0.3, -0.25) is 4.79 Å². The molecule has 0 radical (unpaired) electrons. The predicted molar refractivity (Wildman–Crippen MR) is 91.5 cm³/mol. The molecule has 1 aromatic carbocycles. The molecule has 1 aromatic rings. The van der Waals surface area contributed by atoms with E-state index in [4.69, 9.17) is 10.5 Å². The fourth-order valence-electron chi connectivity index (χ4n) is 3.49. The van der Waals surface area contributed by atoms with Crippen molar-refractivity contribution in [1.29, 1.82) is 0 Å². The highest BCUT2D eigenvalue weighted by atomic mass is 16.5. The number of carbonyl (C=O) groups excluding carboxylic acids is 1. The smallest absolute Gasteiger partial charge is 0.231 e. The minimum absolute atomic E-state index is 0.172. The highest BCUT2D eigenvalue weighted by Gasteiger charge is 2.34. The van der Waals surface area contributed by atoms with Crippen LogP contribution in [0.5, 0.6) is 5.75 Å². The Kier molecular flexibility index (Phi) is 4.62. The third-order valence-corrected chi connectivity index (χ3v) is 5.08. The number of benzene rings is 1. The predicted octanol–water partition coefficient (Wildman–Crippen LogP) is 2.53. The first-order valence-corrected chi connectivity index (χ1v) is 8.75. The van der Waals surface area contributed by atoms with Crippen molar-refractivity contribution < 1.29 is 9.53 Å². The van der Waals surface area contributed by atoms with Gasteiger partial charge in [-0.25, -0.2) is 0 Å². The minimum Gasteiger partial charge on any atom is -0.492 e. The summed E-state index contributed by atoms with van der Waals surface area (Å²) >= 11 is 0. The summed E-state index contributed by atoms with van der Waals surface area (Å²) in [4.78, 5) is 14.7. The number of fused-ring (bicyclic) bond motifs is 1. The van der Waals surface area contributed by atoms with Gasteiger partial charge in [0.2, 0.25) is 5.91 Å². The van der Waals surface area contributed by atoms with Gasteiger partial charge in [0.25, 0.3) is 0 Å². The number of amides is 1.